The van der Waals surface area contributed by atoms with Crippen molar-refractivity contribution >= 4 is 5.91 Å². The number of rotatable bonds is 0. The molecule has 2 heteroatoms. The van der Waals surface area contributed by atoms with Gasteiger partial charge in [0, 0.05) is 18.5 Å². The fourth-order valence-electron chi connectivity index (χ4n) is 1.43. The van der Waals surface area contributed by atoms with Crippen molar-refractivity contribution in [3.05, 3.63) is 11.6 Å². The summed E-state index contributed by atoms with van der Waals surface area (Å²) in [4.78, 5) is 13.8. The smallest absolute Gasteiger partial charge is 0.228 e. The first-order valence-corrected chi connectivity index (χ1v) is 4.86. The van der Waals surface area contributed by atoms with Crippen LogP contribution < -0.4 is 0 Å². The van der Waals surface area contributed by atoms with E-state index >= 15 is 0 Å². The Hall–Kier alpha value is -0.790. The minimum atomic E-state index is -0.237. The van der Waals surface area contributed by atoms with Crippen molar-refractivity contribution < 1.29 is 4.79 Å². The van der Waals surface area contributed by atoms with Crippen LogP contribution in [0.2, 0.25) is 0 Å². The quantitative estimate of drug-likeness (QED) is 0.525. The van der Waals surface area contributed by atoms with Crippen LogP contribution in [0, 0.1) is 5.41 Å². The summed E-state index contributed by atoms with van der Waals surface area (Å²) >= 11 is 0. The molecule has 2 nitrogen and oxygen atoms in total. The Morgan fingerprint density at radius 2 is 2.08 bits per heavy atom. The van der Waals surface area contributed by atoms with Gasteiger partial charge in [0.25, 0.3) is 0 Å². The molecule has 0 fully saturated rings. The number of hydrogen-bond acceptors (Lipinski definition) is 1. The summed E-state index contributed by atoms with van der Waals surface area (Å²) in [5.41, 5.74) is 1.16. The summed E-state index contributed by atoms with van der Waals surface area (Å²) in [6.45, 7) is 9.72. The van der Waals surface area contributed by atoms with Crippen molar-refractivity contribution in [2.45, 2.75) is 34.1 Å². The standard InChI is InChI=1S/C11H19NO/c1-9-5-7-12(8-6-9)10(13)11(2,3)4/h5H,6-8H2,1-4H3. The molecule has 1 rings (SSSR count). The second-order valence-corrected chi connectivity index (χ2v) is 4.80. The van der Waals surface area contributed by atoms with Crippen molar-refractivity contribution in [3.8, 4) is 0 Å². The summed E-state index contributed by atoms with van der Waals surface area (Å²) in [6.07, 6.45) is 3.18. The molecule has 0 N–H and O–H groups in total. The fraction of sp³-hybridized carbons (Fsp3) is 0.727. The molecule has 0 spiro atoms. The minimum Gasteiger partial charge on any atom is -0.338 e. The first-order chi connectivity index (χ1) is 5.91. The van der Waals surface area contributed by atoms with Gasteiger partial charge in [-0.05, 0) is 13.3 Å². The van der Waals surface area contributed by atoms with Crippen LogP contribution in [-0.4, -0.2) is 23.9 Å². The van der Waals surface area contributed by atoms with Crippen LogP contribution in [0.1, 0.15) is 34.1 Å². The van der Waals surface area contributed by atoms with E-state index in [1.165, 1.54) is 5.57 Å². The van der Waals surface area contributed by atoms with Crippen molar-refractivity contribution in [2.75, 3.05) is 13.1 Å². The Labute approximate surface area is 80.6 Å². The Balaban J connectivity index is 2.61. The molecule has 0 saturated carbocycles. The normalized spacial score (nSPS) is 18.5. The fourth-order valence-corrected chi connectivity index (χ4v) is 1.43. The number of carbonyl (C=O) groups is 1. The molecule has 1 heterocycles. The van der Waals surface area contributed by atoms with Gasteiger partial charge in [0.2, 0.25) is 5.91 Å². The zero-order chi connectivity index (χ0) is 10.1. The highest BCUT2D eigenvalue weighted by Gasteiger charge is 2.27. The maximum absolute atomic E-state index is 11.8. The Kier molecular flexibility index (Phi) is 2.79. The van der Waals surface area contributed by atoms with Gasteiger partial charge in [-0.2, -0.15) is 0 Å². The number of carbonyl (C=O) groups excluding carboxylic acids is 1. The Morgan fingerprint density at radius 1 is 1.46 bits per heavy atom. The monoisotopic (exact) mass is 181 g/mol. The lowest BCUT2D eigenvalue weighted by atomic mass is 9.94. The van der Waals surface area contributed by atoms with Gasteiger partial charge in [0.05, 0.1) is 0 Å². The Morgan fingerprint density at radius 3 is 2.46 bits per heavy atom. The molecule has 1 amide bonds. The van der Waals surface area contributed by atoms with Crippen molar-refractivity contribution in [3.63, 3.8) is 0 Å². The van der Waals surface area contributed by atoms with E-state index in [0.29, 0.717) is 0 Å². The van der Waals surface area contributed by atoms with Crippen LogP contribution >= 0.6 is 0 Å². The highest BCUT2D eigenvalue weighted by atomic mass is 16.2. The molecular weight excluding hydrogens is 162 g/mol. The van der Waals surface area contributed by atoms with Crippen LogP contribution in [-0.2, 0) is 4.79 Å². The average Bonchev–Trinajstić information content (AvgIpc) is 2.03. The predicted octanol–water partition coefficient (Wildman–Crippen LogP) is 2.21. The molecule has 0 radical (unpaired) electrons. The van der Waals surface area contributed by atoms with Crippen molar-refractivity contribution in [1.82, 2.24) is 4.90 Å². The highest BCUT2D eigenvalue weighted by molar-refractivity contribution is 5.81. The van der Waals surface area contributed by atoms with Crippen LogP contribution in [0.4, 0.5) is 0 Å². The molecule has 0 saturated heterocycles. The van der Waals surface area contributed by atoms with E-state index in [4.69, 9.17) is 0 Å². The predicted molar refractivity (Wildman–Crippen MR) is 54.4 cm³/mol. The molecule has 0 aromatic carbocycles. The Bertz CT molecular complexity index is 235. The van der Waals surface area contributed by atoms with Gasteiger partial charge in [-0.3, -0.25) is 4.79 Å². The van der Waals surface area contributed by atoms with Gasteiger partial charge in [-0.15, -0.1) is 0 Å². The molecule has 0 unspecified atom stereocenters. The number of hydrogen-bond donors (Lipinski definition) is 0. The third kappa shape index (κ3) is 2.58. The largest absolute Gasteiger partial charge is 0.338 e. The third-order valence-electron chi connectivity index (χ3n) is 2.37. The third-order valence-corrected chi connectivity index (χ3v) is 2.37. The van der Waals surface area contributed by atoms with Gasteiger partial charge in [0.15, 0.2) is 0 Å². The molecule has 0 aromatic rings. The molecule has 74 valence electrons. The van der Waals surface area contributed by atoms with Gasteiger partial charge >= 0.3 is 0 Å². The molecule has 0 aromatic heterocycles. The number of nitrogens with zero attached hydrogens (tertiary/aromatic N) is 1. The van der Waals surface area contributed by atoms with Crippen LogP contribution in [0.5, 0.6) is 0 Å². The molecule has 1 aliphatic heterocycles. The summed E-state index contributed by atoms with van der Waals surface area (Å²) in [5.74, 6) is 0.260. The lowest BCUT2D eigenvalue weighted by Gasteiger charge is -2.31. The maximum atomic E-state index is 11.8. The second kappa shape index (κ2) is 3.52. The van der Waals surface area contributed by atoms with Gasteiger partial charge < -0.3 is 4.90 Å². The van der Waals surface area contributed by atoms with Crippen molar-refractivity contribution in [1.29, 1.82) is 0 Å². The summed E-state index contributed by atoms with van der Waals surface area (Å²) < 4.78 is 0. The van der Waals surface area contributed by atoms with Crippen LogP contribution in [0.3, 0.4) is 0 Å². The molecule has 0 aliphatic carbocycles. The van der Waals surface area contributed by atoms with E-state index in [-0.39, 0.29) is 11.3 Å². The molecule has 13 heavy (non-hydrogen) atoms. The SMILES string of the molecule is CC1=CCN(C(=O)C(C)(C)C)CC1. The maximum Gasteiger partial charge on any atom is 0.228 e. The summed E-state index contributed by atoms with van der Waals surface area (Å²) in [5, 5.41) is 0. The van der Waals surface area contributed by atoms with Gasteiger partial charge in [-0.1, -0.05) is 32.4 Å². The van der Waals surface area contributed by atoms with E-state index in [0.717, 1.165) is 19.5 Å². The van der Waals surface area contributed by atoms with E-state index in [1.807, 2.05) is 25.7 Å². The van der Waals surface area contributed by atoms with E-state index < -0.39 is 0 Å². The zero-order valence-corrected chi connectivity index (χ0v) is 9.05. The molecule has 0 bridgehead atoms. The van der Waals surface area contributed by atoms with Crippen LogP contribution in [0.15, 0.2) is 11.6 Å². The lowest BCUT2D eigenvalue weighted by molar-refractivity contribution is -0.139. The molecule has 0 atom stereocenters. The molecular formula is C11H19NO. The van der Waals surface area contributed by atoms with E-state index in [9.17, 15) is 4.79 Å². The average molecular weight is 181 g/mol. The van der Waals surface area contributed by atoms with Gasteiger partial charge in [-0.25, -0.2) is 0 Å². The van der Waals surface area contributed by atoms with Crippen LogP contribution in [0.25, 0.3) is 0 Å². The topological polar surface area (TPSA) is 20.3 Å². The first kappa shape index (κ1) is 10.3. The van der Waals surface area contributed by atoms with Crippen molar-refractivity contribution in [2.24, 2.45) is 5.41 Å². The first-order valence-electron chi connectivity index (χ1n) is 4.86. The highest BCUT2D eigenvalue weighted by Crippen LogP contribution is 2.20. The zero-order valence-electron chi connectivity index (χ0n) is 9.05. The second-order valence-electron chi connectivity index (χ2n) is 4.80. The lowest BCUT2D eigenvalue weighted by Crippen LogP contribution is -2.41. The van der Waals surface area contributed by atoms with E-state index in [2.05, 4.69) is 13.0 Å². The minimum absolute atomic E-state index is 0.237. The number of amides is 1. The summed E-state index contributed by atoms with van der Waals surface area (Å²) in [6, 6.07) is 0. The van der Waals surface area contributed by atoms with E-state index in [1.54, 1.807) is 0 Å². The van der Waals surface area contributed by atoms with Gasteiger partial charge in [0.1, 0.15) is 0 Å². The molecule has 1 aliphatic rings. The summed E-state index contributed by atoms with van der Waals surface area (Å²) in [7, 11) is 0.